The number of aromatic nitrogens is 3. The molecule has 1 saturated carbocycles. The van der Waals surface area contributed by atoms with Crippen LogP contribution >= 0.6 is 0 Å². The molecule has 1 aliphatic rings. The molecule has 0 radical (unpaired) electrons. The number of carboxylic acids is 1. The highest BCUT2D eigenvalue weighted by Gasteiger charge is 2.48. The number of rotatable bonds is 3. The predicted octanol–water partition coefficient (Wildman–Crippen LogP) is -0.536. The fourth-order valence-corrected chi connectivity index (χ4v) is 1.23. The Bertz CT molecular complexity index is 361. The van der Waals surface area contributed by atoms with Crippen molar-refractivity contribution in [3.63, 3.8) is 0 Å². The Labute approximate surface area is 78.5 Å². The molecule has 0 unspecified atom stereocenters. The van der Waals surface area contributed by atoms with Crippen LogP contribution in [0.2, 0.25) is 0 Å². The summed E-state index contributed by atoms with van der Waals surface area (Å²) in [5.41, 5.74) is 0. The van der Waals surface area contributed by atoms with Crippen molar-refractivity contribution in [3.8, 4) is 0 Å². The average Bonchev–Trinajstić information content (AvgIpc) is 2.80. The van der Waals surface area contributed by atoms with Crippen LogP contribution < -0.4 is 5.32 Å². The maximum Gasteiger partial charge on any atom is 0.307 e. The van der Waals surface area contributed by atoms with Crippen LogP contribution in [0.4, 0.5) is 5.95 Å². The summed E-state index contributed by atoms with van der Waals surface area (Å²) in [6, 6.07) is 0. The second-order valence-corrected chi connectivity index (χ2v) is 3.11. The average molecular weight is 196 g/mol. The number of aromatic amines is 1. The summed E-state index contributed by atoms with van der Waals surface area (Å²) in [5, 5.41) is 17.0. The SMILES string of the molecule is O=C(Nc1ncn[nH]1)[C@H]1C[C@H]1C(=O)O. The minimum absolute atomic E-state index is 0.242. The molecule has 1 aromatic rings. The van der Waals surface area contributed by atoms with Gasteiger partial charge in [-0.15, -0.1) is 0 Å². The van der Waals surface area contributed by atoms with Crippen LogP contribution in [-0.2, 0) is 9.59 Å². The fraction of sp³-hybridized carbons (Fsp3) is 0.429. The van der Waals surface area contributed by atoms with Crippen molar-refractivity contribution in [2.75, 3.05) is 5.32 Å². The lowest BCUT2D eigenvalue weighted by Crippen LogP contribution is -2.17. The minimum atomic E-state index is -0.928. The van der Waals surface area contributed by atoms with E-state index in [4.69, 9.17) is 5.11 Å². The van der Waals surface area contributed by atoms with Gasteiger partial charge in [0.15, 0.2) is 0 Å². The van der Waals surface area contributed by atoms with Crippen molar-refractivity contribution < 1.29 is 14.7 Å². The summed E-state index contributed by atoms with van der Waals surface area (Å²) in [6.07, 6.45) is 1.66. The van der Waals surface area contributed by atoms with Crippen LogP contribution in [0.25, 0.3) is 0 Å². The highest BCUT2D eigenvalue weighted by Crippen LogP contribution is 2.39. The zero-order valence-corrected chi connectivity index (χ0v) is 7.10. The summed E-state index contributed by atoms with van der Waals surface area (Å²) in [7, 11) is 0. The smallest absolute Gasteiger partial charge is 0.307 e. The standard InChI is InChI=1S/C7H8N4O3/c12-5(3-1-4(3)6(13)14)10-7-8-2-9-11-7/h2-4H,1H2,(H,13,14)(H2,8,9,10,11,12)/t3-,4+/m0/s1. The molecule has 0 aliphatic heterocycles. The van der Waals surface area contributed by atoms with E-state index in [-0.39, 0.29) is 11.9 Å². The Morgan fingerprint density at radius 3 is 2.86 bits per heavy atom. The Morgan fingerprint density at radius 1 is 1.57 bits per heavy atom. The van der Waals surface area contributed by atoms with E-state index in [0.29, 0.717) is 6.42 Å². The molecular weight excluding hydrogens is 188 g/mol. The van der Waals surface area contributed by atoms with E-state index < -0.39 is 17.8 Å². The van der Waals surface area contributed by atoms with Gasteiger partial charge >= 0.3 is 5.97 Å². The van der Waals surface area contributed by atoms with Crippen LogP contribution in [0, 0.1) is 11.8 Å². The Morgan fingerprint density at radius 2 is 2.36 bits per heavy atom. The predicted molar refractivity (Wildman–Crippen MR) is 44.2 cm³/mol. The van der Waals surface area contributed by atoms with Gasteiger partial charge in [0.25, 0.3) is 0 Å². The van der Waals surface area contributed by atoms with E-state index in [1.54, 1.807) is 0 Å². The second-order valence-electron chi connectivity index (χ2n) is 3.11. The van der Waals surface area contributed by atoms with E-state index in [1.165, 1.54) is 6.33 Å². The van der Waals surface area contributed by atoms with E-state index in [0.717, 1.165) is 0 Å². The number of carbonyl (C=O) groups is 2. The normalized spacial score (nSPS) is 24.3. The Kier molecular flexibility index (Phi) is 1.91. The van der Waals surface area contributed by atoms with Gasteiger partial charge in [0.1, 0.15) is 6.33 Å². The van der Waals surface area contributed by atoms with E-state index in [9.17, 15) is 9.59 Å². The Balaban J connectivity index is 1.90. The van der Waals surface area contributed by atoms with Crippen LogP contribution in [0.3, 0.4) is 0 Å². The van der Waals surface area contributed by atoms with E-state index in [1.807, 2.05) is 0 Å². The Hall–Kier alpha value is -1.92. The van der Waals surface area contributed by atoms with Crippen molar-refractivity contribution in [3.05, 3.63) is 6.33 Å². The first-order valence-electron chi connectivity index (χ1n) is 4.07. The molecule has 74 valence electrons. The maximum absolute atomic E-state index is 11.3. The van der Waals surface area contributed by atoms with Gasteiger partial charge in [-0.25, -0.2) is 5.10 Å². The number of hydrogen-bond donors (Lipinski definition) is 3. The molecule has 1 fully saturated rings. The van der Waals surface area contributed by atoms with Crippen LogP contribution in [-0.4, -0.2) is 32.2 Å². The summed E-state index contributed by atoms with van der Waals surface area (Å²) < 4.78 is 0. The molecule has 1 aliphatic carbocycles. The van der Waals surface area contributed by atoms with E-state index >= 15 is 0 Å². The lowest BCUT2D eigenvalue weighted by molar-refractivity contribution is -0.139. The monoisotopic (exact) mass is 196 g/mol. The number of amides is 1. The molecule has 2 rings (SSSR count). The number of nitrogens with zero attached hydrogens (tertiary/aromatic N) is 2. The van der Waals surface area contributed by atoms with Crippen molar-refractivity contribution in [1.29, 1.82) is 0 Å². The van der Waals surface area contributed by atoms with E-state index in [2.05, 4.69) is 20.5 Å². The van der Waals surface area contributed by atoms with Gasteiger partial charge in [-0.1, -0.05) is 0 Å². The van der Waals surface area contributed by atoms with Crippen molar-refractivity contribution in [1.82, 2.24) is 15.2 Å². The number of nitrogens with one attached hydrogen (secondary N) is 2. The van der Waals surface area contributed by atoms with Gasteiger partial charge in [0, 0.05) is 0 Å². The number of carboxylic acid groups (broad SMARTS) is 1. The first kappa shape index (κ1) is 8.67. The highest BCUT2D eigenvalue weighted by atomic mass is 16.4. The molecule has 7 nitrogen and oxygen atoms in total. The summed E-state index contributed by atoms with van der Waals surface area (Å²) >= 11 is 0. The molecule has 1 aromatic heterocycles. The van der Waals surface area contributed by atoms with Crippen molar-refractivity contribution >= 4 is 17.8 Å². The number of hydrogen-bond acceptors (Lipinski definition) is 4. The molecule has 1 heterocycles. The maximum atomic E-state index is 11.3. The van der Waals surface area contributed by atoms with Crippen LogP contribution in [0.1, 0.15) is 6.42 Å². The van der Waals surface area contributed by atoms with Gasteiger partial charge in [-0.2, -0.15) is 10.1 Å². The quantitative estimate of drug-likeness (QED) is 0.601. The summed E-state index contributed by atoms with van der Waals surface area (Å²) in [5.74, 6) is -1.99. The van der Waals surface area contributed by atoms with Crippen LogP contribution in [0.5, 0.6) is 0 Å². The zero-order valence-electron chi connectivity index (χ0n) is 7.10. The molecular formula is C7H8N4O3. The molecule has 14 heavy (non-hydrogen) atoms. The summed E-state index contributed by atoms with van der Waals surface area (Å²) in [4.78, 5) is 25.5. The first-order chi connectivity index (χ1) is 6.68. The molecule has 0 spiro atoms. The molecule has 7 heteroatoms. The largest absolute Gasteiger partial charge is 0.481 e. The molecule has 0 bridgehead atoms. The fourth-order valence-electron chi connectivity index (χ4n) is 1.23. The van der Waals surface area contributed by atoms with Gasteiger partial charge in [0.05, 0.1) is 11.8 Å². The summed E-state index contributed by atoms with van der Waals surface area (Å²) in [6.45, 7) is 0. The second kappa shape index (κ2) is 3.09. The molecule has 0 aromatic carbocycles. The van der Waals surface area contributed by atoms with Gasteiger partial charge in [0.2, 0.25) is 11.9 Å². The number of anilines is 1. The third-order valence-electron chi connectivity index (χ3n) is 2.10. The highest BCUT2D eigenvalue weighted by molar-refractivity contribution is 5.97. The van der Waals surface area contributed by atoms with Crippen molar-refractivity contribution in [2.45, 2.75) is 6.42 Å². The van der Waals surface area contributed by atoms with Gasteiger partial charge < -0.3 is 5.11 Å². The topological polar surface area (TPSA) is 108 Å². The molecule has 2 atom stereocenters. The lowest BCUT2D eigenvalue weighted by Gasteiger charge is -1.97. The first-order valence-corrected chi connectivity index (χ1v) is 4.07. The third-order valence-corrected chi connectivity index (χ3v) is 2.10. The molecule has 3 N–H and O–H groups in total. The lowest BCUT2D eigenvalue weighted by atomic mass is 10.3. The molecule has 0 saturated heterocycles. The van der Waals surface area contributed by atoms with Gasteiger partial charge in [-0.05, 0) is 6.42 Å². The minimum Gasteiger partial charge on any atom is -0.481 e. The van der Waals surface area contributed by atoms with Gasteiger partial charge in [-0.3, -0.25) is 14.9 Å². The van der Waals surface area contributed by atoms with Crippen LogP contribution in [0.15, 0.2) is 6.33 Å². The number of aliphatic carboxylic acids is 1. The molecule has 1 amide bonds. The number of carbonyl (C=O) groups excluding carboxylic acids is 1. The van der Waals surface area contributed by atoms with Crippen molar-refractivity contribution in [2.24, 2.45) is 11.8 Å². The number of H-pyrrole nitrogens is 1. The zero-order chi connectivity index (χ0) is 10.1. The third kappa shape index (κ3) is 1.56.